The van der Waals surface area contributed by atoms with E-state index in [2.05, 4.69) is 20.9 Å². The first-order valence-electron chi connectivity index (χ1n) is 12.0. The summed E-state index contributed by atoms with van der Waals surface area (Å²) in [6.07, 6.45) is 8.54. The van der Waals surface area contributed by atoms with E-state index in [1.165, 1.54) is 12.0 Å². The van der Waals surface area contributed by atoms with Crippen LogP contribution in [0.2, 0.25) is 0 Å². The van der Waals surface area contributed by atoms with E-state index in [1.807, 2.05) is 6.20 Å². The monoisotopic (exact) mass is 433 g/mol. The molecule has 7 heteroatoms. The van der Waals surface area contributed by atoms with E-state index in [1.54, 1.807) is 0 Å². The van der Waals surface area contributed by atoms with Crippen molar-refractivity contribution < 1.29 is 18.3 Å². The number of fused-ring (bicyclic) bond motifs is 1. The van der Waals surface area contributed by atoms with E-state index in [0.717, 1.165) is 83.0 Å². The highest BCUT2D eigenvalue weighted by molar-refractivity contribution is 5.85. The smallest absolute Gasteiger partial charge is 0.258 e. The van der Waals surface area contributed by atoms with Gasteiger partial charge in [0.05, 0.1) is 12.5 Å². The van der Waals surface area contributed by atoms with Gasteiger partial charge in [0.25, 0.3) is 5.92 Å². The molecule has 1 aromatic heterocycles. The van der Waals surface area contributed by atoms with Crippen LogP contribution in [0.25, 0.3) is 0 Å². The number of aromatic nitrogens is 1. The summed E-state index contributed by atoms with van der Waals surface area (Å²) >= 11 is 0. The number of halogens is 2. The number of ether oxygens (including phenoxy) is 1. The molecule has 3 heterocycles. The first-order valence-corrected chi connectivity index (χ1v) is 12.0. The molecule has 5 nitrogen and oxygen atoms in total. The summed E-state index contributed by atoms with van der Waals surface area (Å²) < 4.78 is 32.0. The van der Waals surface area contributed by atoms with Gasteiger partial charge in [-0.05, 0) is 43.7 Å². The van der Waals surface area contributed by atoms with Crippen molar-refractivity contribution >= 4 is 11.6 Å². The van der Waals surface area contributed by atoms with Crippen LogP contribution in [0.15, 0.2) is 12.3 Å². The van der Waals surface area contributed by atoms with Crippen LogP contribution in [0.3, 0.4) is 0 Å². The number of ketones is 1. The van der Waals surface area contributed by atoms with E-state index in [-0.39, 0.29) is 12.2 Å². The number of carbonyl (C=O) groups is 1. The molecular weight excluding hydrogens is 400 g/mol. The number of nitrogens with zero attached hydrogens (tertiary/aromatic N) is 3. The molecule has 2 aliphatic carbocycles. The maximum atomic E-state index is 13.1. The lowest BCUT2D eigenvalue weighted by atomic mass is 9.78. The number of hydrogen-bond acceptors (Lipinski definition) is 5. The number of Topliss-reactive ketones (excluding diaryl/α,β-unsaturated/α-hetero) is 1. The maximum absolute atomic E-state index is 13.1. The highest BCUT2D eigenvalue weighted by atomic mass is 19.3. The molecule has 5 rings (SSSR count). The zero-order valence-electron chi connectivity index (χ0n) is 18.2. The lowest BCUT2D eigenvalue weighted by Gasteiger charge is -2.37. The molecule has 0 amide bonds. The molecule has 3 fully saturated rings. The fourth-order valence-electron chi connectivity index (χ4n) is 5.58. The number of hydrogen-bond donors (Lipinski definition) is 0. The SMILES string of the molecule is O=C(CC1CCC(CCN2CCN(c3nccc4c3OCC4)CC2)CC1)C1CC1(F)F. The van der Waals surface area contributed by atoms with E-state index in [9.17, 15) is 13.6 Å². The first kappa shape index (κ1) is 21.1. The Morgan fingerprint density at radius 1 is 1.13 bits per heavy atom. The summed E-state index contributed by atoms with van der Waals surface area (Å²) in [5.41, 5.74) is 1.27. The Morgan fingerprint density at radius 3 is 2.55 bits per heavy atom. The molecule has 0 radical (unpaired) electrons. The highest BCUT2D eigenvalue weighted by Gasteiger charge is 2.60. The molecule has 170 valence electrons. The Bertz CT molecular complexity index is 802. The molecule has 1 atom stereocenters. The van der Waals surface area contributed by atoms with Gasteiger partial charge in [0.1, 0.15) is 5.78 Å². The highest BCUT2D eigenvalue weighted by Crippen LogP contribution is 2.50. The van der Waals surface area contributed by atoms with Gasteiger partial charge >= 0.3 is 0 Å². The van der Waals surface area contributed by atoms with Crippen molar-refractivity contribution in [3.63, 3.8) is 0 Å². The number of anilines is 1. The molecule has 2 aliphatic heterocycles. The molecule has 2 saturated carbocycles. The summed E-state index contributed by atoms with van der Waals surface area (Å²) in [7, 11) is 0. The van der Waals surface area contributed by atoms with Crippen molar-refractivity contribution in [2.45, 2.75) is 57.3 Å². The second-order valence-electron chi connectivity index (χ2n) is 9.91. The standard InChI is InChI=1S/C24H33F2N3O2/c25-24(26)16-20(24)21(30)15-18-3-1-17(2-4-18)6-9-28-10-12-29(13-11-28)23-22-19(5-8-27-23)7-14-31-22/h5,8,17-18,20H,1-4,6-7,9-16H2. The van der Waals surface area contributed by atoms with Gasteiger partial charge in [0.2, 0.25) is 0 Å². The molecule has 1 unspecified atom stereocenters. The van der Waals surface area contributed by atoms with Crippen LogP contribution < -0.4 is 9.64 Å². The average molecular weight is 434 g/mol. The second-order valence-corrected chi connectivity index (χ2v) is 9.91. The van der Waals surface area contributed by atoms with Gasteiger partial charge in [-0.1, -0.05) is 12.8 Å². The zero-order chi connectivity index (χ0) is 21.4. The predicted octanol–water partition coefficient (Wildman–Crippen LogP) is 3.95. The largest absolute Gasteiger partial charge is 0.489 e. The second kappa shape index (κ2) is 8.64. The number of rotatable bonds is 7. The fourth-order valence-corrected chi connectivity index (χ4v) is 5.58. The molecule has 31 heavy (non-hydrogen) atoms. The van der Waals surface area contributed by atoms with Crippen molar-refractivity contribution in [2.75, 3.05) is 44.2 Å². The molecule has 1 saturated heterocycles. The fraction of sp³-hybridized carbons (Fsp3) is 0.750. The molecule has 0 bridgehead atoms. The van der Waals surface area contributed by atoms with Gasteiger partial charge in [0.15, 0.2) is 11.6 Å². The molecule has 4 aliphatic rings. The summed E-state index contributed by atoms with van der Waals surface area (Å²) in [6, 6.07) is 2.06. The Balaban J connectivity index is 1.01. The van der Waals surface area contributed by atoms with Gasteiger partial charge in [-0.2, -0.15) is 0 Å². The summed E-state index contributed by atoms with van der Waals surface area (Å²) in [4.78, 5) is 21.5. The molecule has 0 spiro atoms. The van der Waals surface area contributed by atoms with Crippen molar-refractivity contribution in [2.24, 2.45) is 17.8 Å². The van der Waals surface area contributed by atoms with Crippen LogP contribution in [0.4, 0.5) is 14.6 Å². The molecule has 0 aromatic carbocycles. The third-order valence-corrected chi connectivity index (χ3v) is 7.78. The first-order chi connectivity index (χ1) is 15.0. The van der Waals surface area contributed by atoms with Gasteiger partial charge in [-0.3, -0.25) is 9.69 Å². The number of carbonyl (C=O) groups excluding carboxylic acids is 1. The normalized spacial score (nSPS) is 30.0. The van der Waals surface area contributed by atoms with Crippen molar-refractivity contribution in [3.8, 4) is 5.75 Å². The van der Waals surface area contributed by atoms with Crippen LogP contribution in [-0.2, 0) is 11.2 Å². The summed E-state index contributed by atoms with van der Waals surface area (Å²) in [6.45, 7) is 5.93. The van der Waals surface area contributed by atoms with Crippen LogP contribution in [0.5, 0.6) is 5.75 Å². The predicted molar refractivity (Wildman–Crippen MR) is 115 cm³/mol. The minimum atomic E-state index is -2.71. The topological polar surface area (TPSA) is 45.7 Å². The van der Waals surface area contributed by atoms with Gasteiger partial charge in [-0.15, -0.1) is 0 Å². The van der Waals surface area contributed by atoms with Crippen LogP contribution in [-0.4, -0.2) is 60.9 Å². The Morgan fingerprint density at radius 2 is 1.84 bits per heavy atom. The van der Waals surface area contributed by atoms with Crippen molar-refractivity contribution in [3.05, 3.63) is 17.8 Å². The summed E-state index contributed by atoms with van der Waals surface area (Å²) in [5.74, 6) is -0.853. The Kier molecular flexibility index (Phi) is 5.88. The average Bonchev–Trinajstić information content (AvgIpc) is 3.18. The third-order valence-electron chi connectivity index (χ3n) is 7.78. The van der Waals surface area contributed by atoms with Crippen LogP contribution in [0.1, 0.15) is 50.5 Å². The lowest BCUT2D eigenvalue weighted by Crippen LogP contribution is -2.47. The number of pyridine rings is 1. The maximum Gasteiger partial charge on any atom is 0.258 e. The number of alkyl halides is 2. The quantitative estimate of drug-likeness (QED) is 0.652. The van der Waals surface area contributed by atoms with E-state index < -0.39 is 11.8 Å². The van der Waals surface area contributed by atoms with Crippen molar-refractivity contribution in [1.29, 1.82) is 0 Å². The number of piperazine rings is 1. The minimum Gasteiger partial charge on any atom is -0.489 e. The third kappa shape index (κ3) is 4.71. The summed E-state index contributed by atoms with van der Waals surface area (Å²) in [5, 5.41) is 0. The Labute approximate surface area is 183 Å². The Hall–Kier alpha value is -1.76. The lowest BCUT2D eigenvalue weighted by molar-refractivity contribution is -0.123. The van der Waals surface area contributed by atoms with E-state index in [0.29, 0.717) is 18.3 Å². The van der Waals surface area contributed by atoms with Crippen LogP contribution >= 0.6 is 0 Å². The van der Waals surface area contributed by atoms with Crippen molar-refractivity contribution in [1.82, 2.24) is 9.88 Å². The van der Waals surface area contributed by atoms with Gasteiger partial charge < -0.3 is 9.64 Å². The van der Waals surface area contributed by atoms with Crippen LogP contribution in [0, 0.1) is 17.8 Å². The molecular formula is C24H33F2N3O2. The molecule has 0 N–H and O–H groups in total. The van der Waals surface area contributed by atoms with E-state index >= 15 is 0 Å². The minimum absolute atomic E-state index is 0.199. The molecule has 1 aromatic rings. The zero-order valence-corrected chi connectivity index (χ0v) is 18.2. The van der Waals surface area contributed by atoms with Gasteiger partial charge in [-0.25, -0.2) is 13.8 Å². The van der Waals surface area contributed by atoms with Gasteiger partial charge in [0, 0.05) is 57.2 Å². The van der Waals surface area contributed by atoms with E-state index in [4.69, 9.17) is 4.74 Å².